The van der Waals surface area contributed by atoms with E-state index in [0.717, 1.165) is 0 Å². The van der Waals surface area contributed by atoms with Gasteiger partial charge in [0.05, 0.1) is 0 Å². The molecule has 0 atom stereocenters. The molecule has 0 aromatic heterocycles. The Morgan fingerprint density at radius 3 is 2.25 bits per heavy atom. The minimum Gasteiger partial charge on any atom is -0.225 e. The van der Waals surface area contributed by atoms with Crippen LogP contribution in [0.15, 0.2) is 0 Å². The molecule has 0 radical (unpaired) electrons. The molecule has 0 heterocycles. The van der Waals surface area contributed by atoms with Crippen LogP contribution in [0.1, 0.15) is 0 Å². The van der Waals surface area contributed by atoms with Crippen molar-refractivity contribution in [1.82, 2.24) is 3.69 Å². The Hall–Kier alpha value is 1.00. The number of thiol groups is 1. The highest BCUT2D eigenvalue weighted by molar-refractivity contribution is 14.1. The molecular weight excluding hydrogens is 189 g/mol. The van der Waals surface area contributed by atoms with Crippen molar-refractivity contribution >= 4 is 35.8 Å². The summed E-state index contributed by atoms with van der Waals surface area (Å²) in [4.78, 5) is 0. The van der Waals surface area contributed by atoms with E-state index in [2.05, 4.69) is 20.9 Å². The van der Waals surface area contributed by atoms with Crippen molar-refractivity contribution in [3.8, 4) is 0 Å². The minimum absolute atomic E-state index is 1.80. The highest BCUT2D eigenvalue weighted by Crippen LogP contribution is 1.71. The van der Waals surface area contributed by atoms with E-state index in [0.29, 0.717) is 0 Å². The maximum Gasteiger partial charge on any atom is 0.0468 e. The lowest BCUT2D eigenvalue weighted by Crippen LogP contribution is -1.82. The maximum atomic E-state index is 3.97. The monoisotopic (exact) mass is 191 g/mol. The van der Waals surface area contributed by atoms with E-state index >= 15 is 0 Å². The fourth-order valence-electron chi connectivity index (χ4n) is 0. The first-order chi connectivity index (χ1) is 1.91. The van der Waals surface area contributed by atoms with Crippen LogP contribution in [0.4, 0.5) is 0 Å². The highest BCUT2D eigenvalue weighted by atomic mass is 127. The summed E-state index contributed by atoms with van der Waals surface area (Å²) >= 11 is 5.10. The molecule has 0 aromatic rings. The van der Waals surface area contributed by atoms with Crippen LogP contribution < -0.4 is 3.69 Å². The van der Waals surface area contributed by atoms with E-state index in [1.165, 1.54) is 0 Å². The molecule has 0 saturated heterocycles. The van der Waals surface area contributed by atoms with E-state index < -0.39 is 0 Å². The summed E-state index contributed by atoms with van der Waals surface area (Å²) < 4.78 is 6.24. The molecule has 0 fully saturated rings. The maximum absolute atomic E-state index is 3.97. The fourth-order valence-corrected chi connectivity index (χ4v) is 0. The molecule has 26 valence electrons. The second-order valence-electron chi connectivity index (χ2n) is 0.168. The summed E-state index contributed by atoms with van der Waals surface area (Å²) in [5, 5.41) is 0. The Morgan fingerprint density at radius 1 is 2.00 bits per heavy atom. The summed E-state index contributed by atoms with van der Waals surface area (Å²) in [5.74, 6) is 0. The van der Waals surface area contributed by atoms with Crippen molar-refractivity contribution in [1.29, 1.82) is 0 Å². The van der Waals surface area contributed by atoms with Gasteiger partial charge >= 0.3 is 0 Å². The highest BCUT2D eigenvalue weighted by Gasteiger charge is 1.50. The molecular formula is H2INOS. The molecule has 0 unspecified atom stereocenters. The third-order valence-electron chi connectivity index (χ3n) is 0.0345. The normalized spacial score (nSPS) is 7.50. The minimum atomic E-state index is 1.80. The van der Waals surface area contributed by atoms with Crippen LogP contribution in [0.2, 0.25) is 0 Å². The van der Waals surface area contributed by atoms with Gasteiger partial charge in [0.15, 0.2) is 0 Å². The summed E-state index contributed by atoms with van der Waals surface area (Å²) in [6.07, 6.45) is 0. The lowest BCUT2D eigenvalue weighted by atomic mass is 13.6. The average Bonchev–Trinajstić information content (AvgIpc) is 1.37. The Labute approximate surface area is 44.0 Å². The average molecular weight is 191 g/mol. The SMILES string of the molecule is SONI. The van der Waals surface area contributed by atoms with Crippen LogP contribution in [0.5, 0.6) is 0 Å². The Morgan fingerprint density at radius 2 is 2.25 bits per heavy atom. The van der Waals surface area contributed by atoms with Gasteiger partial charge in [0, 0.05) is 35.8 Å². The van der Waals surface area contributed by atoms with Gasteiger partial charge in [-0.05, 0) is 0 Å². The third kappa shape index (κ3) is 3.00. The molecule has 1 N–H and O–H groups in total. The Bertz CT molecular complexity index is 10.0. The summed E-state index contributed by atoms with van der Waals surface area (Å²) in [6.45, 7) is 0. The number of hydrogen-bond acceptors (Lipinski definition) is 3. The molecule has 0 saturated carbocycles. The fraction of sp³-hybridized carbons (Fsp3) is 0. The van der Waals surface area contributed by atoms with Gasteiger partial charge in [0.1, 0.15) is 0 Å². The number of rotatable bonds is 1. The predicted octanol–water partition coefficient (Wildman–Crippen LogP) is 0.702. The smallest absolute Gasteiger partial charge is 0.0468 e. The van der Waals surface area contributed by atoms with Crippen molar-refractivity contribution in [3.05, 3.63) is 0 Å². The molecule has 0 spiro atoms. The topological polar surface area (TPSA) is 21.3 Å². The second-order valence-corrected chi connectivity index (χ2v) is 0.791. The van der Waals surface area contributed by atoms with E-state index in [1.54, 1.807) is 22.9 Å². The molecule has 4 heavy (non-hydrogen) atoms. The molecule has 0 aromatic carbocycles. The van der Waals surface area contributed by atoms with Crippen molar-refractivity contribution < 1.29 is 4.28 Å². The molecule has 0 bridgehead atoms. The van der Waals surface area contributed by atoms with Gasteiger partial charge in [0.25, 0.3) is 0 Å². The predicted molar refractivity (Wildman–Crippen MR) is 27.2 cm³/mol. The van der Waals surface area contributed by atoms with Gasteiger partial charge in [-0.2, -0.15) is 0 Å². The van der Waals surface area contributed by atoms with E-state index in [4.69, 9.17) is 0 Å². The first-order valence-electron chi connectivity index (χ1n) is 0.576. The zero-order valence-electron chi connectivity index (χ0n) is 1.73. The lowest BCUT2D eigenvalue weighted by molar-refractivity contribution is 0.369. The number of nitrogens with one attached hydrogen (secondary N) is 1. The van der Waals surface area contributed by atoms with Gasteiger partial charge in [-0.3, -0.25) is 0 Å². The number of hydrogen-bond donors (Lipinski definition) is 2. The summed E-state index contributed by atoms with van der Waals surface area (Å²) in [6, 6.07) is 0. The van der Waals surface area contributed by atoms with Gasteiger partial charge in [0.2, 0.25) is 0 Å². The van der Waals surface area contributed by atoms with Crippen LogP contribution in [-0.2, 0) is 4.28 Å². The summed E-state index contributed by atoms with van der Waals surface area (Å²) in [5.41, 5.74) is 0. The van der Waals surface area contributed by atoms with Gasteiger partial charge < -0.3 is 0 Å². The van der Waals surface area contributed by atoms with Crippen LogP contribution in [0.25, 0.3) is 0 Å². The van der Waals surface area contributed by atoms with Gasteiger partial charge in [-0.25, -0.2) is 4.28 Å². The third-order valence-corrected chi connectivity index (χ3v) is 0.694. The quantitative estimate of drug-likeness (QED) is 0.209. The zero-order valence-corrected chi connectivity index (χ0v) is 4.79. The van der Waals surface area contributed by atoms with Gasteiger partial charge in [-0.15, -0.1) is 3.69 Å². The van der Waals surface area contributed by atoms with Gasteiger partial charge in [-0.1, -0.05) is 0 Å². The van der Waals surface area contributed by atoms with E-state index in [9.17, 15) is 0 Å². The largest absolute Gasteiger partial charge is 0.225 e. The van der Waals surface area contributed by atoms with E-state index in [1.807, 2.05) is 0 Å². The molecule has 0 amide bonds. The molecule has 0 aliphatic rings. The van der Waals surface area contributed by atoms with E-state index in [-0.39, 0.29) is 0 Å². The Balaban J connectivity index is 1.97. The van der Waals surface area contributed by atoms with Crippen molar-refractivity contribution in [2.45, 2.75) is 0 Å². The molecule has 0 aliphatic heterocycles. The van der Waals surface area contributed by atoms with Crippen LogP contribution >= 0.6 is 35.8 Å². The van der Waals surface area contributed by atoms with Crippen LogP contribution in [0.3, 0.4) is 0 Å². The standard InChI is InChI=1S/H2INOS/c1-2-3-4/h2,4H. The van der Waals surface area contributed by atoms with Crippen molar-refractivity contribution in [3.63, 3.8) is 0 Å². The van der Waals surface area contributed by atoms with Crippen molar-refractivity contribution in [2.75, 3.05) is 0 Å². The molecule has 2 nitrogen and oxygen atoms in total. The van der Waals surface area contributed by atoms with Crippen LogP contribution in [0, 0.1) is 0 Å². The molecule has 0 aliphatic carbocycles. The lowest BCUT2D eigenvalue weighted by Gasteiger charge is -1.74. The second kappa shape index (κ2) is 4.00. The molecule has 4 heteroatoms. The first kappa shape index (κ1) is 5.00. The zero-order chi connectivity index (χ0) is 3.41. The molecule has 0 rings (SSSR count). The Kier molecular flexibility index (Phi) is 5.00. The number of halogens is 1. The first-order valence-corrected chi connectivity index (χ1v) is 2.02. The van der Waals surface area contributed by atoms with Crippen molar-refractivity contribution in [2.24, 2.45) is 0 Å². The summed E-state index contributed by atoms with van der Waals surface area (Å²) in [7, 11) is 0. The van der Waals surface area contributed by atoms with Crippen LogP contribution in [-0.4, -0.2) is 0 Å².